The molecular formula is C19H14N2O. The van der Waals surface area contributed by atoms with E-state index in [1.54, 1.807) is 12.5 Å². The number of H-pyrrole nitrogens is 1. The smallest absolute Gasteiger partial charge is 0.0996 e. The Morgan fingerprint density at radius 1 is 0.818 bits per heavy atom. The van der Waals surface area contributed by atoms with Gasteiger partial charge in [0.25, 0.3) is 0 Å². The van der Waals surface area contributed by atoms with Gasteiger partial charge in [-0.25, -0.2) is 0 Å². The highest BCUT2D eigenvalue weighted by atomic mass is 16.3. The summed E-state index contributed by atoms with van der Waals surface area (Å²) in [5.41, 5.74) is 6.61. The van der Waals surface area contributed by atoms with E-state index >= 15 is 0 Å². The van der Waals surface area contributed by atoms with Crippen LogP contribution in [0.4, 0.5) is 0 Å². The van der Waals surface area contributed by atoms with Crippen molar-refractivity contribution in [3.05, 3.63) is 79.5 Å². The first-order valence-corrected chi connectivity index (χ1v) is 7.13. The molecule has 4 aromatic rings. The molecule has 3 heterocycles. The zero-order chi connectivity index (χ0) is 14.8. The number of pyridine rings is 1. The van der Waals surface area contributed by atoms with Crippen molar-refractivity contribution in [2.24, 2.45) is 0 Å². The number of nitrogens with one attached hydrogen (secondary N) is 1. The molecular weight excluding hydrogens is 272 g/mol. The zero-order valence-corrected chi connectivity index (χ0v) is 11.9. The molecule has 0 aliphatic carbocycles. The third kappa shape index (κ3) is 2.23. The highest BCUT2D eigenvalue weighted by molar-refractivity contribution is 5.85. The lowest BCUT2D eigenvalue weighted by atomic mass is 10.0. The topological polar surface area (TPSA) is 41.8 Å². The predicted molar refractivity (Wildman–Crippen MR) is 87.2 cm³/mol. The summed E-state index contributed by atoms with van der Waals surface area (Å²) in [5.74, 6) is 0. The normalized spacial score (nSPS) is 10.7. The van der Waals surface area contributed by atoms with Crippen LogP contribution in [0.15, 0.2) is 83.9 Å². The first-order valence-electron chi connectivity index (χ1n) is 7.13. The number of hydrogen-bond acceptors (Lipinski definition) is 2. The summed E-state index contributed by atoms with van der Waals surface area (Å²) < 4.78 is 5.24. The van der Waals surface area contributed by atoms with Crippen molar-refractivity contribution in [2.45, 2.75) is 0 Å². The highest BCUT2D eigenvalue weighted by Gasteiger charge is 2.13. The number of rotatable bonds is 3. The van der Waals surface area contributed by atoms with Gasteiger partial charge in [-0.2, -0.15) is 0 Å². The Bertz CT molecular complexity index is 862. The molecule has 1 aromatic carbocycles. The largest absolute Gasteiger partial charge is 0.472 e. The van der Waals surface area contributed by atoms with Crippen molar-refractivity contribution in [2.75, 3.05) is 0 Å². The Kier molecular flexibility index (Phi) is 3.09. The van der Waals surface area contributed by atoms with Gasteiger partial charge in [-0.05, 0) is 35.4 Å². The minimum Gasteiger partial charge on any atom is -0.472 e. The summed E-state index contributed by atoms with van der Waals surface area (Å²) in [6, 6.07) is 18.5. The van der Waals surface area contributed by atoms with E-state index in [2.05, 4.69) is 28.2 Å². The second-order valence-corrected chi connectivity index (χ2v) is 5.09. The van der Waals surface area contributed by atoms with E-state index in [1.165, 1.54) is 0 Å². The second-order valence-electron chi connectivity index (χ2n) is 5.09. The van der Waals surface area contributed by atoms with E-state index in [4.69, 9.17) is 4.42 Å². The van der Waals surface area contributed by atoms with Gasteiger partial charge in [0.05, 0.1) is 18.2 Å². The summed E-state index contributed by atoms with van der Waals surface area (Å²) >= 11 is 0. The molecule has 3 nitrogen and oxygen atoms in total. The Morgan fingerprint density at radius 2 is 1.64 bits per heavy atom. The minimum atomic E-state index is 1.04. The zero-order valence-electron chi connectivity index (χ0n) is 11.9. The maximum atomic E-state index is 5.24. The lowest BCUT2D eigenvalue weighted by Crippen LogP contribution is -1.81. The van der Waals surface area contributed by atoms with Crippen molar-refractivity contribution in [1.82, 2.24) is 9.97 Å². The lowest BCUT2D eigenvalue weighted by Gasteiger charge is -2.01. The number of aromatic nitrogens is 2. The van der Waals surface area contributed by atoms with E-state index < -0.39 is 0 Å². The molecule has 3 heteroatoms. The maximum Gasteiger partial charge on any atom is 0.0996 e. The van der Waals surface area contributed by atoms with Crippen molar-refractivity contribution in [3.8, 4) is 33.6 Å². The Balaban J connectivity index is 1.91. The number of aromatic amines is 1. The Hall–Kier alpha value is -3.07. The van der Waals surface area contributed by atoms with E-state index in [1.807, 2.05) is 48.8 Å². The van der Waals surface area contributed by atoms with Crippen LogP contribution >= 0.6 is 0 Å². The standard InChI is InChI=1S/C19H14N2O/c1-2-4-15(5-3-1)18-12-17(14-6-9-20-10-7-14)19(21-18)16-8-11-22-13-16/h1-13,21H. The van der Waals surface area contributed by atoms with Crippen molar-refractivity contribution < 1.29 is 4.42 Å². The van der Waals surface area contributed by atoms with Crippen LogP contribution in [-0.4, -0.2) is 9.97 Å². The molecule has 0 atom stereocenters. The first kappa shape index (κ1) is 12.7. The number of nitrogens with zero attached hydrogens (tertiary/aromatic N) is 1. The van der Waals surface area contributed by atoms with Gasteiger partial charge in [0, 0.05) is 29.2 Å². The fourth-order valence-corrected chi connectivity index (χ4v) is 2.62. The summed E-state index contributed by atoms with van der Waals surface area (Å²) in [7, 11) is 0. The van der Waals surface area contributed by atoms with Gasteiger partial charge < -0.3 is 9.40 Å². The molecule has 0 spiro atoms. The van der Waals surface area contributed by atoms with Crippen LogP contribution in [0, 0.1) is 0 Å². The van der Waals surface area contributed by atoms with Crippen LogP contribution in [0.2, 0.25) is 0 Å². The summed E-state index contributed by atoms with van der Waals surface area (Å²) in [4.78, 5) is 7.62. The SMILES string of the molecule is c1ccc(-c2cc(-c3ccncc3)c(-c3ccoc3)[nH]2)cc1. The number of furan rings is 1. The molecule has 0 saturated heterocycles. The Morgan fingerprint density at radius 3 is 2.36 bits per heavy atom. The van der Waals surface area contributed by atoms with Gasteiger partial charge in [-0.1, -0.05) is 30.3 Å². The van der Waals surface area contributed by atoms with Crippen LogP contribution < -0.4 is 0 Å². The molecule has 0 unspecified atom stereocenters. The minimum absolute atomic E-state index is 1.04. The molecule has 0 fully saturated rings. The van der Waals surface area contributed by atoms with Gasteiger partial charge in [0.15, 0.2) is 0 Å². The molecule has 0 bridgehead atoms. The van der Waals surface area contributed by atoms with Crippen LogP contribution in [-0.2, 0) is 0 Å². The van der Waals surface area contributed by atoms with Crippen LogP contribution in [0.1, 0.15) is 0 Å². The molecule has 0 aliphatic heterocycles. The van der Waals surface area contributed by atoms with E-state index in [0.29, 0.717) is 0 Å². The molecule has 0 saturated carbocycles. The monoisotopic (exact) mass is 286 g/mol. The lowest BCUT2D eigenvalue weighted by molar-refractivity contribution is 0.568. The average Bonchev–Trinajstić information content (AvgIpc) is 3.26. The number of benzene rings is 1. The van der Waals surface area contributed by atoms with E-state index in [0.717, 1.165) is 33.6 Å². The fourth-order valence-electron chi connectivity index (χ4n) is 2.62. The maximum absolute atomic E-state index is 5.24. The molecule has 3 aromatic heterocycles. The third-order valence-corrected chi connectivity index (χ3v) is 3.70. The van der Waals surface area contributed by atoms with Gasteiger partial charge in [0.2, 0.25) is 0 Å². The van der Waals surface area contributed by atoms with Gasteiger partial charge in [-0.3, -0.25) is 4.98 Å². The van der Waals surface area contributed by atoms with E-state index in [-0.39, 0.29) is 0 Å². The molecule has 4 rings (SSSR count). The summed E-state index contributed by atoms with van der Waals surface area (Å²) in [6.07, 6.45) is 7.06. The number of hydrogen-bond donors (Lipinski definition) is 1. The summed E-state index contributed by atoms with van der Waals surface area (Å²) in [5, 5.41) is 0. The van der Waals surface area contributed by atoms with Crippen molar-refractivity contribution in [3.63, 3.8) is 0 Å². The van der Waals surface area contributed by atoms with Crippen LogP contribution in [0.5, 0.6) is 0 Å². The molecule has 0 aliphatic rings. The molecule has 0 radical (unpaired) electrons. The third-order valence-electron chi connectivity index (χ3n) is 3.70. The van der Waals surface area contributed by atoms with Crippen LogP contribution in [0.3, 0.4) is 0 Å². The van der Waals surface area contributed by atoms with Gasteiger partial charge >= 0.3 is 0 Å². The van der Waals surface area contributed by atoms with Crippen molar-refractivity contribution in [1.29, 1.82) is 0 Å². The molecule has 106 valence electrons. The highest BCUT2D eigenvalue weighted by Crippen LogP contribution is 2.35. The Labute approximate surface area is 128 Å². The van der Waals surface area contributed by atoms with E-state index in [9.17, 15) is 0 Å². The molecule has 22 heavy (non-hydrogen) atoms. The summed E-state index contributed by atoms with van der Waals surface area (Å²) in [6.45, 7) is 0. The van der Waals surface area contributed by atoms with Crippen molar-refractivity contribution >= 4 is 0 Å². The van der Waals surface area contributed by atoms with Gasteiger partial charge in [-0.15, -0.1) is 0 Å². The van der Waals surface area contributed by atoms with Gasteiger partial charge in [0.1, 0.15) is 0 Å². The van der Waals surface area contributed by atoms with Crippen LogP contribution in [0.25, 0.3) is 33.6 Å². The predicted octanol–water partition coefficient (Wildman–Crippen LogP) is 5.00. The average molecular weight is 286 g/mol. The first-order chi connectivity index (χ1) is 10.9. The fraction of sp³-hybridized carbons (Fsp3) is 0. The molecule has 1 N–H and O–H groups in total. The quantitative estimate of drug-likeness (QED) is 0.575. The second kappa shape index (κ2) is 5.37. The molecule has 0 amide bonds.